The van der Waals surface area contributed by atoms with Gasteiger partial charge in [0, 0.05) is 34.5 Å². The van der Waals surface area contributed by atoms with Crippen molar-refractivity contribution in [2.75, 3.05) is 28.8 Å². The van der Waals surface area contributed by atoms with Gasteiger partial charge in [-0.25, -0.2) is 4.79 Å². The Bertz CT molecular complexity index is 1350. The first-order valence-electron chi connectivity index (χ1n) is 12.4. The molecule has 0 radical (unpaired) electrons. The molecule has 0 saturated carbocycles. The third-order valence-corrected chi connectivity index (χ3v) is 8.40. The summed E-state index contributed by atoms with van der Waals surface area (Å²) in [7, 11) is 1.56. The highest BCUT2D eigenvalue weighted by molar-refractivity contribution is 7.99. The van der Waals surface area contributed by atoms with Crippen LogP contribution in [0.3, 0.4) is 0 Å². The van der Waals surface area contributed by atoms with Gasteiger partial charge in [-0.05, 0) is 56.7 Å². The molecule has 0 spiro atoms. The van der Waals surface area contributed by atoms with E-state index in [9.17, 15) is 14.4 Å². The molecule has 6 N–H and O–H groups in total. The second-order valence-corrected chi connectivity index (χ2v) is 11.1. The topological polar surface area (TPSA) is 125 Å². The SMILES string of the molecule is CNC(=O)Nc1ccccc1-c1ccc(NC(=O)C(C)([C@@H]2CSc3ccccc3NC2=O)C(C)(C)N)cc1. The van der Waals surface area contributed by atoms with Crippen molar-refractivity contribution in [1.29, 1.82) is 0 Å². The Hall–Kier alpha value is -3.82. The van der Waals surface area contributed by atoms with Crippen molar-refractivity contribution in [2.24, 2.45) is 17.1 Å². The van der Waals surface area contributed by atoms with Crippen LogP contribution in [0.4, 0.5) is 21.9 Å². The summed E-state index contributed by atoms with van der Waals surface area (Å²) in [5, 5.41) is 11.4. The largest absolute Gasteiger partial charge is 0.341 e. The third-order valence-electron chi connectivity index (χ3n) is 7.23. The molecule has 1 aliphatic heterocycles. The lowest BCUT2D eigenvalue weighted by atomic mass is 9.64. The fraction of sp³-hybridized carbons (Fsp3) is 0.276. The maximum Gasteiger partial charge on any atom is 0.318 e. The van der Waals surface area contributed by atoms with Crippen molar-refractivity contribution < 1.29 is 14.4 Å². The van der Waals surface area contributed by atoms with Crippen molar-refractivity contribution >= 4 is 46.7 Å². The molecule has 0 aromatic heterocycles. The van der Waals surface area contributed by atoms with Crippen LogP contribution in [0.25, 0.3) is 11.1 Å². The van der Waals surface area contributed by atoms with Crippen LogP contribution in [-0.4, -0.2) is 36.2 Å². The van der Waals surface area contributed by atoms with Gasteiger partial charge in [0.2, 0.25) is 11.8 Å². The van der Waals surface area contributed by atoms with Gasteiger partial charge in [0.1, 0.15) is 0 Å². The molecule has 0 aliphatic carbocycles. The van der Waals surface area contributed by atoms with Crippen LogP contribution in [0.1, 0.15) is 20.8 Å². The molecule has 8 nitrogen and oxygen atoms in total. The molecule has 4 rings (SSSR count). The van der Waals surface area contributed by atoms with E-state index in [2.05, 4.69) is 21.3 Å². The third kappa shape index (κ3) is 5.39. The first-order chi connectivity index (χ1) is 18.0. The van der Waals surface area contributed by atoms with E-state index in [1.165, 1.54) is 0 Å². The van der Waals surface area contributed by atoms with Gasteiger partial charge in [0.15, 0.2) is 0 Å². The number of nitrogens with two attached hydrogens (primary N) is 1. The van der Waals surface area contributed by atoms with Crippen molar-refractivity contribution in [3.63, 3.8) is 0 Å². The number of thioether (sulfide) groups is 1. The molecule has 38 heavy (non-hydrogen) atoms. The van der Waals surface area contributed by atoms with Gasteiger partial charge in [0.25, 0.3) is 0 Å². The molecule has 3 aromatic rings. The van der Waals surface area contributed by atoms with Crippen LogP contribution >= 0.6 is 11.8 Å². The second-order valence-electron chi connectivity index (χ2n) is 10.1. The summed E-state index contributed by atoms with van der Waals surface area (Å²) in [5.41, 5.74) is 8.08. The minimum atomic E-state index is -1.21. The number of amides is 4. The Morgan fingerprint density at radius 1 is 0.947 bits per heavy atom. The summed E-state index contributed by atoms with van der Waals surface area (Å²) in [6.07, 6.45) is 0. The average molecular weight is 532 g/mol. The van der Waals surface area contributed by atoms with Crippen molar-refractivity contribution in [1.82, 2.24) is 5.32 Å². The van der Waals surface area contributed by atoms with E-state index in [-0.39, 0.29) is 17.8 Å². The summed E-state index contributed by atoms with van der Waals surface area (Å²) < 4.78 is 0. The van der Waals surface area contributed by atoms with E-state index in [1.807, 2.05) is 60.7 Å². The zero-order chi connectivity index (χ0) is 27.5. The normalized spacial score (nSPS) is 16.8. The standard InChI is InChI=1S/C29H33N5O3S/c1-28(2,30)29(3,21-17-38-24-12-8-7-11-23(24)33-25(21)35)26(36)32-19-15-13-18(14-16-19)20-9-5-6-10-22(20)34-27(37)31-4/h5-16,21H,17,30H2,1-4H3,(H,32,36)(H,33,35)(H2,31,34,37)/t21-,29?/m1/s1. The van der Waals surface area contributed by atoms with E-state index in [0.29, 0.717) is 17.1 Å². The highest BCUT2D eigenvalue weighted by Gasteiger charge is 2.54. The number of hydrogen-bond acceptors (Lipinski definition) is 5. The van der Waals surface area contributed by atoms with Crippen LogP contribution in [0.5, 0.6) is 0 Å². The first-order valence-corrected chi connectivity index (χ1v) is 13.3. The van der Waals surface area contributed by atoms with Gasteiger partial charge in [-0.3, -0.25) is 9.59 Å². The van der Waals surface area contributed by atoms with Gasteiger partial charge in [-0.15, -0.1) is 11.8 Å². The monoisotopic (exact) mass is 531 g/mol. The van der Waals surface area contributed by atoms with Gasteiger partial charge >= 0.3 is 6.03 Å². The summed E-state index contributed by atoms with van der Waals surface area (Å²) in [4.78, 5) is 40.0. The lowest BCUT2D eigenvalue weighted by Crippen LogP contribution is -2.62. The van der Waals surface area contributed by atoms with Crippen LogP contribution in [0.15, 0.2) is 77.7 Å². The van der Waals surface area contributed by atoms with E-state index in [0.717, 1.165) is 21.7 Å². The summed E-state index contributed by atoms with van der Waals surface area (Å²) in [6, 6.07) is 22.1. The predicted molar refractivity (Wildman–Crippen MR) is 154 cm³/mol. The average Bonchev–Trinajstić information content (AvgIpc) is 3.06. The number of nitrogens with one attached hydrogen (secondary N) is 4. The summed E-state index contributed by atoms with van der Waals surface area (Å²) in [5.74, 6) is -0.802. The number of carbonyl (C=O) groups excluding carboxylic acids is 3. The zero-order valence-corrected chi connectivity index (χ0v) is 22.7. The molecule has 9 heteroatoms. The zero-order valence-electron chi connectivity index (χ0n) is 21.9. The Morgan fingerprint density at radius 2 is 1.61 bits per heavy atom. The molecular weight excluding hydrogens is 498 g/mol. The summed E-state index contributed by atoms with van der Waals surface area (Å²) in [6.45, 7) is 5.32. The molecule has 2 atom stereocenters. The highest BCUT2D eigenvalue weighted by Crippen LogP contribution is 2.44. The molecule has 0 fully saturated rings. The highest BCUT2D eigenvalue weighted by atomic mass is 32.2. The van der Waals surface area contributed by atoms with Gasteiger partial charge < -0.3 is 27.0 Å². The fourth-order valence-corrected chi connectivity index (χ4v) is 5.80. The minimum Gasteiger partial charge on any atom is -0.341 e. The van der Waals surface area contributed by atoms with Gasteiger partial charge in [-0.2, -0.15) is 0 Å². The van der Waals surface area contributed by atoms with E-state index < -0.39 is 16.9 Å². The van der Waals surface area contributed by atoms with E-state index in [1.54, 1.807) is 51.7 Å². The van der Waals surface area contributed by atoms with Crippen molar-refractivity contribution in [2.45, 2.75) is 31.2 Å². The lowest BCUT2D eigenvalue weighted by Gasteiger charge is -2.44. The number of urea groups is 1. The Morgan fingerprint density at radius 3 is 2.29 bits per heavy atom. The lowest BCUT2D eigenvalue weighted by molar-refractivity contribution is -0.138. The van der Waals surface area contributed by atoms with Crippen LogP contribution in [-0.2, 0) is 9.59 Å². The molecule has 4 amide bonds. The Kier molecular flexibility index (Phi) is 7.80. The predicted octanol–water partition coefficient (Wildman–Crippen LogP) is 5.15. The van der Waals surface area contributed by atoms with Crippen LogP contribution in [0.2, 0.25) is 0 Å². The maximum atomic E-state index is 13.8. The molecule has 1 aliphatic rings. The fourth-order valence-electron chi connectivity index (χ4n) is 4.52. The number of fused-ring (bicyclic) bond motifs is 1. The minimum absolute atomic E-state index is 0.228. The number of para-hydroxylation sites is 2. The van der Waals surface area contributed by atoms with Crippen LogP contribution in [0, 0.1) is 11.3 Å². The molecule has 0 saturated heterocycles. The number of carbonyl (C=O) groups is 3. The molecule has 198 valence electrons. The van der Waals surface area contributed by atoms with Crippen LogP contribution < -0.4 is 27.0 Å². The molecule has 0 bridgehead atoms. The maximum absolute atomic E-state index is 13.8. The molecular formula is C29H33N5O3S. The number of rotatable bonds is 6. The smallest absolute Gasteiger partial charge is 0.318 e. The van der Waals surface area contributed by atoms with Crippen molar-refractivity contribution in [3.05, 3.63) is 72.8 Å². The van der Waals surface area contributed by atoms with Crippen molar-refractivity contribution in [3.8, 4) is 11.1 Å². The quantitative estimate of drug-likeness (QED) is 0.301. The molecule has 3 aromatic carbocycles. The number of hydrogen-bond donors (Lipinski definition) is 5. The van der Waals surface area contributed by atoms with E-state index in [4.69, 9.17) is 5.73 Å². The van der Waals surface area contributed by atoms with Gasteiger partial charge in [0.05, 0.1) is 22.7 Å². The Balaban J connectivity index is 1.58. The molecule has 1 heterocycles. The summed E-state index contributed by atoms with van der Waals surface area (Å²) >= 11 is 1.54. The first kappa shape index (κ1) is 27.2. The number of anilines is 3. The second kappa shape index (κ2) is 10.9. The van der Waals surface area contributed by atoms with Gasteiger partial charge in [-0.1, -0.05) is 42.5 Å². The number of benzene rings is 3. The molecule has 1 unspecified atom stereocenters. The van der Waals surface area contributed by atoms with E-state index >= 15 is 0 Å². The Labute approximate surface area is 227 Å².